The zero-order chi connectivity index (χ0) is 28.5. The van der Waals surface area contributed by atoms with Crippen LogP contribution in [0.15, 0.2) is 24.3 Å². The predicted molar refractivity (Wildman–Crippen MR) is 147 cm³/mol. The van der Waals surface area contributed by atoms with Crippen LogP contribution in [0.3, 0.4) is 0 Å². The molecule has 1 heterocycles. The molecule has 212 valence electrons. The van der Waals surface area contributed by atoms with Crippen molar-refractivity contribution in [2.24, 2.45) is 11.8 Å². The highest BCUT2D eigenvalue weighted by atomic mass is 32.2. The third kappa shape index (κ3) is 10.2. The molecule has 38 heavy (non-hydrogen) atoms. The molecule has 2 unspecified atom stereocenters. The van der Waals surface area contributed by atoms with Crippen molar-refractivity contribution >= 4 is 41.3 Å². The van der Waals surface area contributed by atoms with Gasteiger partial charge >= 0.3 is 6.09 Å². The van der Waals surface area contributed by atoms with Gasteiger partial charge in [0.25, 0.3) is 0 Å². The van der Waals surface area contributed by atoms with Crippen molar-refractivity contribution in [3.63, 3.8) is 0 Å². The molecule has 9 nitrogen and oxygen atoms in total. The molecule has 2 rings (SSSR count). The lowest BCUT2D eigenvalue weighted by atomic mass is 9.94. The van der Waals surface area contributed by atoms with Gasteiger partial charge < -0.3 is 25.6 Å². The Balaban J connectivity index is 1.94. The Morgan fingerprint density at radius 3 is 2.21 bits per heavy atom. The third-order valence-corrected chi connectivity index (χ3v) is 6.78. The van der Waals surface area contributed by atoms with Gasteiger partial charge in [-0.25, -0.2) is 9.18 Å². The van der Waals surface area contributed by atoms with Gasteiger partial charge in [0.1, 0.15) is 23.5 Å². The fourth-order valence-electron chi connectivity index (χ4n) is 4.08. The van der Waals surface area contributed by atoms with Gasteiger partial charge in [-0.2, -0.15) is 11.8 Å². The lowest BCUT2D eigenvalue weighted by molar-refractivity contribution is -0.138. The fourth-order valence-corrected chi connectivity index (χ4v) is 4.56. The Morgan fingerprint density at radius 2 is 1.68 bits per heavy atom. The molecule has 0 radical (unpaired) electrons. The van der Waals surface area contributed by atoms with E-state index in [0.29, 0.717) is 43.8 Å². The highest BCUT2D eigenvalue weighted by molar-refractivity contribution is 7.98. The van der Waals surface area contributed by atoms with Gasteiger partial charge in [-0.05, 0) is 82.2 Å². The van der Waals surface area contributed by atoms with E-state index in [1.807, 2.05) is 20.1 Å². The molecule has 1 saturated heterocycles. The number of likely N-dealkylation sites (tertiary alicyclic amines) is 1. The minimum absolute atomic E-state index is 0.169. The Morgan fingerprint density at radius 1 is 1.08 bits per heavy atom. The van der Waals surface area contributed by atoms with Gasteiger partial charge in [-0.3, -0.25) is 14.4 Å². The van der Waals surface area contributed by atoms with Crippen LogP contribution < -0.4 is 16.0 Å². The van der Waals surface area contributed by atoms with E-state index in [9.17, 15) is 23.6 Å². The van der Waals surface area contributed by atoms with Gasteiger partial charge in [0, 0.05) is 24.7 Å². The summed E-state index contributed by atoms with van der Waals surface area (Å²) in [5.74, 6) is -1.03. The number of halogens is 1. The number of ether oxygens (including phenoxy) is 1. The molecule has 1 aromatic carbocycles. The molecule has 0 aromatic heterocycles. The van der Waals surface area contributed by atoms with Crippen LogP contribution in [0.25, 0.3) is 0 Å². The zero-order valence-corrected chi connectivity index (χ0v) is 24.0. The van der Waals surface area contributed by atoms with E-state index in [2.05, 4.69) is 16.0 Å². The lowest BCUT2D eigenvalue weighted by Gasteiger charge is -2.34. The van der Waals surface area contributed by atoms with Crippen LogP contribution in [0, 0.1) is 17.7 Å². The number of amides is 4. The van der Waals surface area contributed by atoms with E-state index in [1.165, 1.54) is 24.3 Å². The molecule has 4 amide bonds. The van der Waals surface area contributed by atoms with Crippen molar-refractivity contribution in [3.05, 3.63) is 30.1 Å². The molecule has 1 fully saturated rings. The Bertz CT molecular complexity index is 959. The Hall–Kier alpha value is -2.82. The van der Waals surface area contributed by atoms with Crippen molar-refractivity contribution in [1.82, 2.24) is 15.5 Å². The van der Waals surface area contributed by atoms with Crippen molar-refractivity contribution in [2.45, 2.75) is 71.6 Å². The SMILES string of the molecule is CSCCC(NC(=O)OC(C)(C)C)C(=O)N1CCC(C(=O)NC(C(=O)Nc2ccc(F)cc2)C(C)C)CC1. The summed E-state index contributed by atoms with van der Waals surface area (Å²) >= 11 is 1.58. The average molecular weight is 553 g/mol. The number of benzene rings is 1. The quantitative estimate of drug-likeness (QED) is 0.407. The number of carbonyl (C=O) groups is 4. The first-order chi connectivity index (χ1) is 17.8. The summed E-state index contributed by atoms with van der Waals surface area (Å²) in [4.78, 5) is 53.0. The topological polar surface area (TPSA) is 117 Å². The summed E-state index contributed by atoms with van der Waals surface area (Å²) in [6, 6.07) is 3.96. The van der Waals surface area contributed by atoms with Crippen molar-refractivity contribution in [1.29, 1.82) is 0 Å². The van der Waals surface area contributed by atoms with Crippen LogP contribution in [0.5, 0.6) is 0 Å². The van der Waals surface area contributed by atoms with Crippen LogP contribution in [0.2, 0.25) is 0 Å². The van der Waals surface area contributed by atoms with Crippen LogP contribution in [0.4, 0.5) is 14.9 Å². The highest BCUT2D eigenvalue weighted by Crippen LogP contribution is 2.20. The van der Waals surface area contributed by atoms with Gasteiger partial charge in [0.05, 0.1) is 0 Å². The zero-order valence-electron chi connectivity index (χ0n) is 23.1. The van der Waals surface area contributed by atoms with E-state index in [1.54, 1.807) is 37.4 Å². The second-order valence-electron chi connectivity index (χ2n) is 10.8. The molecule has 11 heteroatoms. The van der Waals surface area contributed by atoms with Crippen LogP contribution >= 0.6 is 11.8 Å². The fraction of sp³-hybridized carbons (Fsp3) is 0.630. The standard InChI is InChI=1S/C27H41FN4O5S/c1-17(2)22(24(34)29-20-9-7-19(28)8-10-20)31-23(33)18-11-14-32(15-12-18)25(35)21(13-16-38-6)30-26(36)37-27(3,4)5/h7-10,17-18,21-22H,11-16H2,1-6H3,(H,29,34)(H,30,36)(H,31,33). The Labute approximate surface area is 229 Å². The number of thioether (sulfide) groups is 1. The monoisotopic (exact) mass is 552 g/mol. The second kappa shape index (κ2) is 14.4. The number of rotatable bonds is 10. The maximum Gasteiger partial charge on any atom is 0.408 e. The van der Waals surface area contributed by atoms with Crippen molar-refractivity contribution in [3.8, 4) is 0 Å². The summed E-state index contributed by atoms with van der Waals surface area (Å²) in [5, 5.41) is 8.28. The summed E-state index contributed by atoms with van der Waals surface area (Å²) in [6.07, 6.45) is 2.67. The van der Waals surface area contributed by atoms with E-state index in [-0.39, 0.29) is 29.6 Å². The number of alkyl carbamates (subject to hydrolysis) is 1. The van der Waals surface area contributed by atoms with Crippen molar-refractivity contribution in [2.75, 3.05) is 30.4 Å². The first-order valence-corrected chi connectivity index (χ1v) is 14.3. The van der Waals surface area contributed by atoms with E-state index in [0.717, 1.165) is 0 Å². The number of nitrogens with zero attached hydrogens (tertiary/aromatic N) is 1. The highest BCUT2D eigenvalue weighted by Gasteiger charge is 2.34. The van der Waals surface area contributed by atoms with Crippen LogP contribution in [0.1, 0.15) is 53.9 Å². The molecule has 1 aromatic rings. The molecule has 0 saturated carbocycles. The predicted octanol–water partition coefficient (Wildman–Crippen LogP) is 3.79. The molecule has 2 atom stereocenters. The molecular formula is C27H41FN4O5S. The summed E-state index contributed by atoms with van der Waals surface area (Å²) in [6.45, 7) is 9.70. The van der Waals surface area contributed by atoms with Crippen molar-refractivity contribution < 1.29 is 28.3 Å². The van der Waals surface area contributed by atoms with Gasteiger partial charge in [-0.15, -0.1) is 0 Å². The number of carbonyl (C=O) groups excluding carboxylic acids is 4. The smallest absolute Gasteiger partial charge is 0.408 e. The van der Waals surface area contributed by atoms with Gasteiger partial charge in [-0.1, -0.05) is 13.8 Å². The summed E-state index contributed by atoms with van der Waals surface area (Å²) in [7, 11) is 0. The molecular weight excluding hydrogens is 511 g/mol. The normalized spacial score (nSPS) is 15.9. The number of nitrogens with one attached hydrogen (secondary N) is 3. The third-order valence-electron chi connectivity index (χ3n) is 6.14. The van der Waals surface area contributed by atoms with E-state index >= 15 is 0 Å². The first kappa shape index (κ1) is 31.4. The minimum atomic E-state index is -0.763. The number of anilines is 1. The van der Waals surface area contributed by atoms with E-state index < -0.39 is 29.6 Å². The molecule has 1 aliphatic rings. The number of hydrogen-bond donors (Lipinski definition) is 3. The van der Waals surface area contributed by atoms with Gasteiger partial charge in [0.15, 0.2) is 0 Å². The van der Waals surface area contributed by atoms with E-state index in [4.69, 9.17) is 4.74 Å². The molecule has 1 aliphatic heterocycles. The van der Waals surface area contributed by atoms with Gasteiger partial charge in [0.2, 0.25) is 17.7 Å². The summed E-state index contributed by atoms with van der Waals surface area (Å²) < 4.78 is 18.5. The minimum Gasteiger partial charge on any atom is -0.444 e. The molecule has 0 bridgehead atoms. The van der Waals surface area contributed by atoms with Crippen LogP contribution in [-0.4, -0.2) is 71.5 Å². The maximum absolute atomic E-state index is 13.2. The summed E-state index contributed by atoms with van der Waals surface area (Å²) in [5.41, 5.74) is -0.230. The molecule has 3 N–H and O–H groups in total. The molecule has 0 aliphatic carbocycles. The average Bonchev–Trinajstić information content (AvgIpc) is 2.84. The second-order valence-corrected chi connectivity index (χ2v) is 11.8. The number of piperidine rings is 1. The Kier molecular flexibility index (Phi) is 11.9. The number of hydrogen-bond acceptors (Lipinski definition) is 6. The van der Waals surface area contributed by atoms with Crippen LogP contribution in [-0.2, 0) is 19.1 Å². The lowest BCUT2D eigenvalue weighted by Crippen LogP contribution is -2.54. The largest absolute Gasteiger partial charge is 0.444 e. The molecule has 0 spiro atoms. The maximum atomic E-state index is 13.2. The first-order valence-electron chi connectivity index (χ1n) is 12.9.